The molecule has 0 radical (unpaired) electrons. The van der Waals surface area contributed by atoms with Crippen molar-refractivity contribution in [2.75, 3.05) is 13.1 Å². The lowest BCUT2D eigenvalue weighted by Gasteiger charge is -2.27. The molecule has 2 saturated heterocycles. The van der Waals surface area contributed by atoms with E-state index in [2.05, 4.69) is 45.3 Å². The fourth-order valence-corrected chi connectivity index (χ4v) is 6.82. The summed E-state index contributed by atoms with van der Waals surface area (Å²) in [6.45, 7) is 12.7. The van der Waals surface area contributed by atoms with E-state index in [0.29, 0.717) is 19.0 Å². The molecule has 2 fully saturated rings. The monoisotopic (exact) mass is 628 g/mol. The van der Waals surface area contributed by atoms with Crippen LogP contribution in [0.5, 0.6) is 0 Å². The van der Waals surface area contributed by atoms with Gasteiger partial charge in [0.15, 0.2) is 0 Å². The topological polar surface area (TPSA) is 116 Å². The fraction of sp³-hybridized carbons (Fsp3) is 0.556. The van der Waals surface area contributed by atoms with E-state index in [1.165, 1.54) is 11.1 Å². The summed E-state index contributed by atoms with van der Waals surface area (Å²) >= 11 is 0. The van der Waals surface area contributed by atoms with Crippen molar-refractivity contribution < 1.29 is 19.1 Å². The maximum atomic E-state index is 12.8. The van der Waals surface area contributed by atoms with Gasteiger partial charge in [-0.3, -0.25) is 9.80 Å². The zero-order chi connectivity index (χ0) is 32.6. The molecular weight excluding hydrogens is 580 g/mol. The second-order valence-corrected chi connectivity index (χ2v) is 14.9. The Hall–Kier alpha value is -4.08. The molecule has 2 aliphatic heterocycles. The molecule has 2 N–H and O–H groups in total. The second kappa shape index (κ2) is 12.6. The lowest BCUT2D eigenvalue weighted by atomic mass is 9.83. The van der Waals surface area contributed by atoms with Crippen LogP contribution < -0.4 is 0 Å². The van der Waals surface area contributed by atoms with Gasteiger partial charge in [-0.2, -0.15) is 0 Å². The van der Waals surface area contributed by atoms with Crippen LogP contribution in [0.15, 0.2) is 42.7 Å². The first kappa shape index (κ1) is 31.9. The van der Waals surface area contributed by atoms with Crippen molar-refractivity contribution in [2.45, 2.75) is 116 Å². The number of amides is 2. The van der Waals surface area contributed by atoms with E-state index < -0.39 is 11.2 Å². The highest BCUT2D eigenvalue weighted by Crippen LogP contribution is 2.38. The summed E-state index contributed by atoms with van der Waals surface area (Å²) < 4.78 is 11.3. The molecular formula is C36H48N6O4. The number of aromatic amines is 2. The average molecular weight is 629 g/mol. The number of likely N-dealkylation sites (tertiary alicyclic amines) is 2. The van der Waals surface area contributed by atoms with Crippen LogP contribution in [-0.2, 0) is 9.47 Å². The molecule has 2 aromatic heterocycles. The Morgan fingerprint density at radius 1 is 0.761 bits per heavy atom. The highest BCUT2D eigenvalue weighted by molar-refractivity contribution is 5.70. The van der Waals surface area contributed by atoms with Crippen LogP contribution in [0.25, 0.3) is 16.8 Å². The van der Waals surface area contributed by atoms with E-state index >= 15 is 0 Å². The smallest absolute Gasteiger partial charge is 0.410 e. The predicted molar refractivity (Wildman–Crippen MR) is 177 cm³/mol. The standard InChI is InChI=1S/C36H48N6O4/c1-35(2,3)45-33(43)41-19-7-9-29(41)31-37-21-27(39-31)25-15-11-23(12-16-25)24-13-17-26(18-14-24)28-22-38-32(40-28)30-10-8-20-42(30)34(44)46-36(4,5)6/h11-12,15-17,21-22,24,29-30H,7-10,13-14,18-20H2,1-6H3,(H,37,39)(H,38,40)/t24?,29-,30-/m1/s1. The third-order valence-corrected chi connectivity index (χ3v) is 9.03. The van der Waals surface area contributed by atoms with Crippen LogP contribution >= 0.6 is 0 Å². The number of aromatic nitrogens is 4. The number of carbonyl (C=O) groups is 2. The number of benzene rings is 1. The Balaban J connectivity index is 1.07. The number of nitrogens with one attached hydrogen (secondary N) is 2. The van der Waals surface area contributed by atoms with Crippen LogP contribution in [0, 0.1) is 0 Å². The molecule has 0 spiro atoms. The maximum absolute atomic E-state index is 12.8. The second-order valence-electron chi connectivity index (χ2n) is 14.9. The zero-order valence-corrected chi connectivity index (χ0v) is 28.1. The quantitative estimate of drug-likeness (QED) is 0.294. The van der Waals surface area contributed by atoms with E-state index in [1.807, 2.05) is 53.9 Å². The van der Waals surface area contributed by atoms with Gasteiger partial charge in [-0.05, 0) is 109 Å². The van der Waals surface area contributed by atoms with Crippen LogP contribution in [0.3, 0.4) is 0 Å². The summed E-state index contributed by atoms with van der Waals surface area (Å²) in [7, 11) is 0. The highest BCUT2D eigenvalue weighted by atomic mass is 16.6. The first-order valence-electron chi connectivity index (χ1n) is 16.7. The number of rotatable bonds is 5. The molecule has 0 bridgehead atoms. The van der Waals surface area contributed by atoms with Crippen molar-refractivity contribution in [3.63, 3.8) is 0 Å². The maximum Gasteiger partial charge on any atom is 0.410 e. The van der Waals surface area contributed by atoms with Crippen LogP contribution in [0.1, 0.15) is 127 Å². The van der Waals surface area contributed by atoms with Gasteiger partial charge in [0.2, 0.25) is 0 Å². The minimum absolute atomic E-state index is 0.0768. The van der Waals surface area contributed by atoms with Gasteiger partial charge in [0.1, 0.15) is 22.9 Å². The first-order valence-corrected chi connectivity index (χ1v) is 16.7. The molecule has 10 nitrogen and oxygen atoms in total. The van der Waals surface area contributed by atoms with Crippen molar-refractivity contribution in [1.82, 2.24) is 29.7 Å². The predicted octanol–water partition coefficient (Wildman–Crippen LogP) is 8.29. The summed E-state index contributed by atoms with van der Waals surface area (Å²) in [5, 5.41) is 0. The van der Waals surface area contributed by atoms with Gasteiger partial charge in [-0.25, -0.2) is 19.6 Å². The minimum atomic E-state index is -0.527. The Labute approximate surface area is 272 Å². The van der Waals surface area contributed by atoms with Gasteiger partial charge in [-0.1, -0.05) is 30.3 Å². The normalized spacial score (nSPS) is 22.2. The summed E-state index contributed by atoms with van der Waals surface area (Å²) in [4.78, 5) is 45.5. The van der Waals surface area contributed by atoms with E-state index in [-0.39, 0.29) is 24.3 Å². The molecule has 6 rings (SSSR count). The third kappa shape index (κ3) is 7.16. The molecule has 10 heteroatoms. The molecule has 246 valence electrons. The average Bonchev–Trinajstić information content (AvgIpc) is 3.82. The zero-order valence-electron chi connectivity index (χ0n) is 28.1. The minimum Gasteiger partial charge on any atom is -0.444 e. The molecule has 1 aliphatic carbocycles. The van der Waals surface area contributed by atoms with Gasteiger partial charge < -0.3 is 19.4 Å². The SMILES string of the molecule is CC(C)(C)OC(=O)N1CCC[C@@H]1c1ncc(C2=CCC(c3ccc(-c4cnc([C@H]5CCCN5C(=O)OC(C)(C)C)[nH]4)cc3)CC2)[nH]1. The van der Waals surface area contributed by atoms with Gasteiger partial charge in [-0.15, -0.1) is 0 Å². The third-order valence-electron chi connectivity index (χ3n) is 9.03. The Morgan fingerprint density at radius 2 is 1.28 bits per heavy atom. The van der Waals surface area contributed by atoms with E-state index in [0.717, 1.165) is 73.5 Å². The van der Waals surface area contributed by atoms with Crippen LogP contribution in [0.4, 0.5) is 9.59 Å². The highest BCUT2D eigenvalue weighted by Gasteiger charge is 2.36. The van der Waals surface area contributed by atoms with Crippen molar-refractivity contribution in [1.29, 1.82) is 0 Å². The van der Waals surface area contributed by atoms with Gasteiger partial charge in [0.25, 0.3) is 0 Å². The molecule has 4 heterocycles. The Morgan fingerprint density at radius 3 is 1.78 bits per heavy atom. The summed E-state index contributed by atoms with van der Waals surface area (Å²) in [6.07, 6.45) is 12.2. The Kier molecular flexibility index (Phi) is 8.74. The van der Waals surface area contributed by atoms with Gasteiger partial charge in [0, 0.05) is 13.1 Å². The van der Waals surface area contributed by atoms with Crippen molar-refractivity contribution in [3.8, 4) is 11.3 Å². The number of hydrogen-bond donors (Lipinski definition) is 2. The molecule has 46 heavy (non-hydrogen) atoms. The van der Waals surface area contributed by atoms with Crippen LogP contribution in [0.2, 0.25) is 0 Å². The largest absolute Gasteiger partial charge is 0.444 e. The number of hydrogen-bond acceptors (Lipinski definition) is 6. The van der Waals surface area contributed by atoms with E-state index in [1.54, 1.807) is 9.80 Å². The number of nitrogens with zero attached hydrogens (tertiary/aromatic N) is 4. The Bertz CT molecular complexity index is 1570. The number of allylic oxidation sites excluding steroid dienone is 2. The number of ether oxygens (including phenoxy) is 2. The summed E-state index contributed by atoms with van der Waals surface area (Å²) in [6, 6.07) is 8.59. The summed E-state index contributed by atoms with van der Waals surface area (Å²) in [5.74, 6) is 2.10. The number of imidazole rings is 2. The van der Waals surface area contributed by atoms with Gasteiger partial charge >= 0.3 is 12.2 Å². The number of H-pyrrole nitrogens is 2. The molecule has 1 aromatic carbocycles. The molecule has 3 atom stereocenters. The molecule has 3 aromatic rings. The summed E-state index contributed by atoms with van der Waals surface area (Å²) in [5.41, 5.74) is 4.64. The van der Waals surface area contributed by atoms with E-state index in [4.69, 9.17) is 14.5 Å². The van der Waals surface area contributed by atoms with Gasteiger partial charge in [0.05, 0.1) is 35.9 Å². The van der Waals surface area contributed by atoms with Crippen molar-refractivity contribution >= 4 is 17.8 Å². The molecule has 1 unspecified atom stereocenters. The van der Waals surface area contributed by atoms with E-state index in [9.17, 15) is 9.59 Å². The first-order chi connectivity index (χ1) is 21.8. The van der Waals surface area contributed by atoms with Crippen molar-refractivity contribution in [2.24, 2.45) is 0 Å². The number of carbonyl (C=O) groups excluding carboxylic acids is 2. The van der Waals surface area contributed by atoms with Crippen molar-refractivity contribution in [3.05, 3.63) is 65.6 Å². The van der Waals surface area contributed by atoms with Crippen LogP contribution in [-0.4, -0.2) is 66.2 Å². The fourth-order valence-electron chi connectivity index (χ4n) is 6.82. The molecule has 0 saturated carbocycles. The molecule has 3 aliphatic rings. The lowest BCUT2D eigenvalue weighted by molar-refractivity contribution is 0.0208. The molecule has 2 amide bonds. The lowest BCUT2D eigenvalue weighted by Crippen LogP contribution is -2.36.